The maximum Gasteiger partial charge on any atom is 0.319 e. The molecule has 1 aliphatic rings. The third kappa shape index (κ3) is 3.86. The zero-order valence-electron chi connectivity index (χ0n) is 11.4. The fourth-order valence-corrected chi connectivity index (χ4v) is 2.28. The molecular weight excluding hydrogens is 242 g/mol. The number of hydrogen-bond acceptors (Lipinski definition) is 3. The van der Waals surface area contributed by atoms with Gasteiger partial charge in [-0.15, -0.1) is 0 Å². The van der Waals surface area contributed by atoms with E-state index in [0.29, 0.717) is 6.04 Å². The SMILES string of the molecule is COc1cccc(NC(=O)NC2CCCNC2C)c1. The van der Waals surface area contributed by atoms with E-state index in [0.717, 1.165) is 30.8 Å². The molecule has 104 valence electrons. The van der Waals surface area contributed by atoms with Crippen molar-refractivity contribution in [3.63, 3.8) is 0 Å². The molecule has 2 atom stereocenters. The molecule has 0 spiro atoms. The first-order valence-corrected chi connectivity index (χ1v) is 6.64. The highest BCUT2D eigenvalue weighted by atomic mass is 16.5. The predicted octanol–water partition coefficient (Wildman–Crippen LogP) is 1.96. The van der Waals surface area contributed by atoms with Crippen molar-refractivity contribution in [2.75, 3.05) is 19.0 Å². The Bertz CT molecular complexity index is 436. The molecule has 1 aliphatic heterocycles. The summed E-state index contributed by atoms with van der Waals surface area (Å²) in [6.45, 7) is 3.12. The fourth-order valence-electron chi connectivity index (χ4n) is 2.28. The summed E-state index contributed by atoms with van der Waals surface area (Å²) < 4.78 is 5.12. The second-order valence-electron chi connectivity index (χ2n) is 4.82. The van der Waals surface area contributed by atoms with Crippen LogP contribution < -0.4 is 20.7 Å². The van der Waals surface area contributed by atoms with Crippen LogP contribution in [0.5, 0.6) is 5.75 Å². The molecule has 2 rings (SSSR count). The maximum absolute atomic E-state index is 11.9. The van der Waals surface area contributed by atoms with E-state index in [1.807, 2.05) is 18.2 Å². The number of piperidine rings is 1. The summed E-state index contributed by atoms with van der Waals surface area (Å²) in [5.74, 6) is 0.727. The van der Waals surface area contributed by atoms with E-state index < -0.39 is 0 Å². The Morgan fingerprint density at radius 2 is 2.32 bits per heavy atom. The first kappa shape index (κ1) is 13.7. The van der Waals surface area contributed by atoms with E-state index in [9.17, 15) is 4.79 Å². The Labute approximate surface area is 113 Å². The summed E-state index contributed by atoms with van der Waals surface area (Å²) >= 11 is 0. The van der Waals surface area contributed by atoms with E-state index in [2.05, 4.69) is 22.9 Å². The number of urea groups is 1. The van der Waals surface area contributed by atoms with Crippen molar-refractivity contribution >= 4 is 11.7 Å². The van der Waals surface area contributed by atoms with E-state index in [1.165, 1.54) is 0 Å². The van der Waals surface area contributed by atoms with Crippen molar-refractivity contribution in [1.82, 2.24) is 10.6 Å². The quantitative estimate of drug-likeness (QED) is 0.781. The molecule has 1 aromatic rings. The maximum atomic E-state index is 11.9. The molecule has 0 radical (unpaired) electrons. The highest BCUT2D eigenvalue weighted by molar-refractivity contribution is 5.89. The summed E-state index contributed by atoms with van der Waals surface area (Å²) in [5.41, 5.74) is 0.730. The van der Waals surface area contributed by atoms with Gasteiger partial charge in [-0.05, 0) is 38.4 Å². The Hall–Kier alpha value is -1.75. The number of anilines is 1. The van der Waals surface area contributed by atoms with Crippen LogP contribution in [0.3, 0.4) is 0 Å². The van der Waals surface area contributed by atoms with Crippen molar-refractivity contribution in [2.45, 2.75) is 31.8 Å². The van der Waals surface area contributed by atoms with Crippen LogP contribution in [0.4, 0.5) is 10.5 Å². The highest BCUT2D eigenvalue weighted by Crippen LogP contribution is 2.16. The van der Waals surface area contributed by atoms with Crippen LogP contribution in [-0.4, -0.2) is 31.8 Å². The second kappa shape index (κ2) is 6.43. The molecule has 1 fully saturated rings. The van der Waals surface area contributed by atoms with Gasteiger partial charge < -0.3 is 20.7 Å². The van der Waals surface area contributed by atoms with Gasteiger partial charge in [0.2, 0.25) is 0 Å². The average Bonchev–Trinajstić information content (AvgIpc) is 2.41. The Morgan fingerprint density at radius 1 is 1.47 bits per heavy atom. The summed E-state index contributed by atoms with van der Waals surface area (Å²) in [6.07, 6.45) is 2.11. The normalized spacial score (nSPS) is 22.6. The van der Waals surface area contributed by atoms with Crippen LogP contribution in [0.1, 0.15) is 19.8 Å². The summed E-state index contributed by atoms with van der Waals surface area (Å²) in [4.78, 5) is 11.9. The van der Waals surface area contributed by atoms with Gasteiger partial charge in [0.25, 0.3) is 0 Å². The van der Waals surface area contributed by atoms with E-state index in [-0.39, 0.29) is 12.1 Å². The zero-order valence-corrected chi connectivity index (χ0v) is 11.4. The summed E-state index contributed by atoms with van der Waals surface area (Å²) in [7, 11) is 1.61. The van der Waals surface area contributed by atoms with Gasteiger partial charge in [-0.3, -0.25) is 0 Å². The standard InChI is InChI=1S/C14H21N3O2/c1-10-13(7-4-8-15-10)17-14(18)16-11-5-3-6-12(9-11)19-2/h3,5-6,9-10,13,15H,4,7-8H2,1-2H3,(H2,16,17,18). The minimum atomic E-state index is -0.172. The Balaban J connectivity index is 1.89. The van der Waals surface area contributed by atoms with Crippen molar-refractivity contribution in [3.05, 3.63) is 24.3 Å². The number of benzene rings is 1. The lowest BCUT2D eigenvalue weighted by Crippen LogP contribution is -2.52. The van der Waals surface area contributed by atoms with Crippen molar-refractivity contribution in [2.24, 2.45) is 0 Å². The monoisotopic (exact) mass is 263 g/mol. The Morgan fingerprint density at radius 3 is 3.05 bits per heavy atom. The molecule has 0 aliphatic carbocycles. The smallest absolute Gasteiger partial charge is 0.319 e. The van der Waals surface area contributed by atoms with E-state index in [1.54, 1.807) is 13.2 Å². The van der Waals surface area contributed by atoms with Gasteiger partial charge in [-0.1, -0.05) is 6.07 Å². The zero-order chi connectivity index (χ0) is 13.7. The number of rotatable bonds is 3. The second-order valence-corrected chi connectivity index (χ2v) is 4.82. The van der Waals surface area contributed by atoms with Crippen LogP contribution in [0.15, 0.2) is 24.3 Å². The average molecular weight is 263 g/mol. The molecule has 0 bridgehead atoms. The van der Waals surface area contributed by atoms with Crippen LogP contribution >= 0.6 is 0 Å². The first-order valence-electron chi connectivity index (χ1n) is 6.64. The van der Waals surface area contributed by atoms with Gasteiger partial charge in [0.15, 0.2) is 0 Å². The topological polar surface area (TPSA) is 62.4 Å². The van der Waals surface area contributed by atoms with E-state index in [4.69, 9.17) is 4.74 Å². The number of nitrogens with one attached hydrogen (secondary N) is 3. The molecule has 2 unspecified atom stereocenters. The number of ether oxygens (including phenoxy) is 1. The lowest BCUT2D eigenvalue weighted by molar-refractivity contribution is 0.239. The lowest BCUT2D eigenvalue weighted by atomic mass is 10.0. The van der Waals surface area contributed by atoms with Crippen molar-refractivity contribution in [1.29, 1.82) is 0 Å². The first-order chi connectivity index (χ1) is 9.19. The number of carbonyl (C=O) groups is 1. The Kier molecular flexibility index (Phi) is 4.63. The highest BCUT2D eigenvalue weighted by Gasteiger charge is 2.22. The molecule has 2 amide bonds. The molecule has 1 saturated heterocycles. The van der Waals surface area contributed by atoms with Gasteiger partial charge in [-0.25, -0.2) is 4.79 Å². The number of methoxy groups -OCH3 is 1. The van der Waals surface area contributed by atoms with Crippen LogP contribution in [-0.2, 0) is 0 Å². The molecule has 0 aromatic heterocycles. The molecule has 19 heavy (non-hydrogen) atoms. The number of carbonyl (C=O) groups excluding carboxylic acids is 1. The molecule has 1 aromatic carbocycles. The molecule has 3 N–H and O–H groups in total. The van der Waals surface area contributed by atoms with Gasteiger partial charge in [0, 0.05) is 23.8 Å². The van der Waals surface area contributed by atoms with Gasteiger partial charge in [0.1, 0.15) is 5.75 Å². The molecule has 5 nitrogen and oxygen atoms in total. The number of amides is 2. The van der Waals surface area contributed by atoms with Gasteiger partial charge in [-0.2, -0.15) is 0 Å². The minimum Gasteiger partial charge on any atom is -0.497 e. The molecule has 0 saturated carbocycles. The third-order valence-corrected chi connectivity index (χ3v) is 3.41. The summed E-state index contributed by atoms with van der Waals surface area (Å²) in [5, 5.41) is 9.18. The van der Waals surface area contributed by atoms with Gasteiger partial charge >= 0.3 is 6.03 Å². The third-order valence-electron chi connectivity index (χ3n) is 3.41. The molecular formula is C14H21N3O2. The molecule has 1 heterocycles. The van der Waals surface area contributed by atoms with E-state index >= 15 is 0 Å². The van der Waals surface area contributed by atoms with Crippen molar-refractivity contribution in [3.8, 4) is 5.75 Å². The lowest BCUT2D eigenvalue weighted by Gasteiger charge is -2.30. The van der Waals surface area contributed by atoms with Crippen molar-refractivity contribution < 1.29 is 9.53 Å². The predicted molar refractivity (Wildman–Crippen MR) is 75.6 cm³/mol. The van der Waals surface area contributed by atoms with Gasteiger partial charge in [0.05, 0.1) is 7.11 Å². The largest absolute Gasteiger partial charge is 0.497 e. The fraction of sp³-hybridized carbons (Fsp3) is 0.500. The number of hydrogen-bond donors (Lipinski definition) is 3. The molecule has 5 heteroatoms. The van der Waals surface area contributed by atoms with Crippen LogP contribution in [0.25, 0.3) is 0 Å². The minimum absolute atomic E-state index is 0.172. The van der Waals surface area contributed by atoms with Crippen LogP contribution in [0.2, 0.25) is 0 Å². The van der Waals surface area contributed by atoms with Crippen LogP contribution in [0, 0.1) is 0 Å². The summed E-state index contributed by atoms with van der Waals surface area (Å²) in [6, 6.07) is 7.64.